The van der Waals surface area contributed by atoms with E-state index in [9.17, 15) is 18.5 Å². The van der Waals surface area contributed by atoms with Gasteiger partial charge in [-0.05, 0) is 37.8 Å². The Morgan fingerprint density at radius 2 is 2.14 bits per heavy atom. The smallest absolute Gasteiger partial charge is 0.258 e. The SMILES string of the molecule is O=[N+]([O-])c1ccc(Br)cc1S(=O)(=O)NCCC1=CCCC1. The molecule has 1 aliphatic carbocycles. The zero-order chi connectivity index (χ0) is 15.5. The topological polar surface area (TPSA) is 89.3 Å². The summed E-state index contributed by atoms with van der Waals surface area (Å²) in [5, 5.41) is 11.0. The fourth-order valence-corrected chi connectivity index (χ4v) is 3.98. The largest absolute Gasteiger partial charge is 0.289 e. The molecule has 0 saturated carbocycles. The van der Waals surface area contributed by atoms with Crippen LogP contribution in [0.25, 0.3) is 0 Å². The third-order valence-electron chi connectivity index (χ3n) is 3.28. The molecular formula is C13H15BrN2O4S. The number of allylic oxidation sites excluding steroid dienone is 1. The van der Waals surface area contributed by atoms with Gasteiger partial charge in [0.25, 0.3) is 5.69 Å². The number of nitro benzene ring substituents is 1. The van der Waals surface area contributed by atoms with Crippen LogP contribution in [-0.2, 0) is 10.0 Å². The molecule has 0 aliphatic heterocycles. The van der Waals surface area contributed by atoms with Crippen LogP contribution in [0.3, 0.4) is 0 Å². The number of halogens is 1. The number of nitrogens with one attached hydrogen (secondary N) is 1. The molecule has 0 fully saturated rings. The van der Waals surface area contributed by atoms with E-state index in [1.165, 1.54) is 23.8 Å². The number of nitro groups is 1. The third-order valence-corrected chi connectivity index (χ3v) is 5.26. The lowest BCUT2D eigenvalue weighted by atomic mass is 10.2. The Morgan fingerprint density at radius 3 is 2.76 bits per heavy atom. The van der Waals surface area contributed by atoms with Crippen molar-refractivity contribution in [3.63, 3.8) is 0 Å². The van der Waals surface area contributed by atoms with Gasteiger partial charge in [-0.25, -0.2) is 13.1 Å². The van der Waals surface area contributed by atoms with Gasteiger partial charge in [-0.3, -0.25) is 10.1 Å². The first-order valence-corrected chi connectivity index (χ1v) is 8.79. The molecule has 1 aliphatic rings. The third kappa shape index (κ3) is 4.12. The van der Waals surface area contributed by atoms with Crippen LogP contribution in [0.5, 0.6) is 0 Å². The number of benzene rings is 1. The van der Waals surface area contributed by atoms with Crippen molar-refractivity contribution in [2.45, 2.75) is 30.6 Å². The molecule has 1 aromatic rings. The Labute approximate surface area is 131 Å². The van der Waals surface area contributed by atoms with Gasteiger partial charge in [-0.1, -0.05) is 27.6 Å². The van der Waals surface area contributed by atoms with E-state index in [0.717, 1.165) is 19.3 Å². The van der Waals surface area contributed by atoms with E-state index in [-0.39, 0.29) is 11.4 Å². The quantitative estimate of drug-likeness (QED) is 0.470. The van der Waals surface area contributed by atoms with Gasteiger partial charge in [0.2, 0.25) is 10.0 Å². The molecule has 0 bridgehead atoms. The van der Waals surface area contributed by atoms with Crippen LogP contribution in [0.1, 0.15) is 25.7 Å². The monoisotopic (exact) mass is 374 g/mol. The van der Waals surface area contributed by atoms with Crippen LogP contribution >= 0.6 is 15.9 Å². The van der Waals surface area contributed by atoms with Gasteiger partial charge >= 0.3 is 0 Å². The molecule has 0 unspecified atom stereocenters. The second-order valence-electron chi connectivity index (χ2n) is 4.77. The molecule has 0 aromatic heterocycles. The Balaban J connectivity index is 2.15. The Hall–Kier alpha value is -1.25. The van der Waals surface area contributed by atoms with Crippen molar-refractivity contribution in [3.05, 3.63) is 44.4 Å². The molecule has 6 nitrogen and oxygen atoms in total. The molecule has 0 heterocycles. The lowest BCUT2D eigenvalue weighted by molar-refractivity contribution is -0.387. The minimum atomic E-state index is -3.90. The normalized spacial score (nSPS) is 15.0. The van der Waals surface area contributed by atoms with Gasteiger partial charge in [-0.2, -0.15) is 0 Å². The number of sulfonamides is 1. The van der Waals surface area contributed by atoms with Crippen LogP contribution in [0, 0.1) is 10.1 Å². The predicted octanol–water partition coefficient (Wildman–Crippen LogP) is 3.14. The first kappa shape index (κ1) is 16.1. The molecule has 8 heteroatoms. The van der Waals surface area contributed by atoms with Gasteiger partial charge in [0.1, 0.15) is 0 Å². The molecule has 0 radical (unpaired) electrons. The average Bonchev–Trinajstić information content (AvgIpc) is 2.91. The maximum Gasteiger partial charge on any atom is 0.289 e. The molecule has 1 aromatic carbocycles. The maximum absolute atomic E-state index is 12.2. The number of rotatable bonds is 6. The Kier molecular flexibility index (Phi) is 5.13. The summed E-state index contributed by atoms with van der Waals surface area (Å²) in [6, 6.07) is 3.87. The fraction of sp³-hybridized carbons (Fsp3) is 0.385. The first-order valence-electron chi connectivity index (χ1n) is 6.51. The highest BCUT2D eigenvalue weighted by Crippen LogP contribution is 2.27. The molecule has 0 spiro atoms. The van der Waals surface area contributed by atoms with Crippen LogP contribution in [0.15, 0.2) is 39.2 Å². The van der Waals surface area contributed by atoms with Gasteiger partial charge in [0, 0.05) is 17.1 Å². The lowest BCUT2D eigenvalue weighted by Gasteiger charge is -2.08. The molecule has 0 saturated heterocycles. The van der Waals surface area contributed by atoms with E-state index in [1.54, 1.807) is 0 Å². The van der Waals surface area contributed by atoms with E-state index in [2.05, 4.69) is 26.7 Å². The molecule has 114 valence electrons. The second kappa shape index (κ2) is 6.67. The van der Waals surface area contributed by atoms with Crippen LogP contribution in [-0.4, -0.2) is 19.9 Å². The summed E-state index contributed by atoms with van der Waals surface area (Å²) in [5.41, 5.74) is 0.812. The summed E-state index contributed by atoms with van der Waals surface area (Å²) in [4.78, 5) is 9.94. The number of nitrogens with zero attached hydrogens (tertiary/aromatic N) is 1. The van der Waals surface area contributed by atoms with Gasteiger partial charge in [0.05, 0.1) is 4.92 Å². The zero-order valence-electron chi connectivity index (χ0n) is 11.2. The highest BCUT2D eigenvalue weighted by Gasteiger charge is 2.25. The molecule has 0 amide bonds. The average molecular weight is 375 g/mol. The van der Waals surface area contributed by atoms with Gasteiger partial charge < -0.3 is 0 Å². The molecule has 1 N–H and O–H groups in total. The van der Waals surface area contributed by atoms with Gasteiger partial charge in [-0.15, -0.1) is 0 Å². The summed E-state index contributed by atoms with van der Waals surface area (Å²) in [7, 11) is -3.90. The number of hydrogen-bond donors (Lipinski definition) is 1. The molecule has 2 rings (SSSR count). The molecule has 21 heavy (non-hydrogen) atoms. The zero-order valence-corrected chi connectivity index (χ0v) is 13.6. The predicted molar refractivity (Wildman–Crippen MR) is 82.5 cm³/mol. The van der Waals surface area contributed by atoms with E-state index < -0.39 is 20.6 Å². The van der Waals surface area contributed by atoms with Crippen molar-refractivity contribution in [2.24, 2.45) is 0 Å². The van der Waals surface area contributed by atoms with Crippen molar-refractivity contribution in [1.82, 2.24) is 4.72 Å². The van der Waals surface area contributed by atoms with Crippen molar-refractivity contribution >= 4 is 31.6 Å². The van der Waals surface area contributed by atoms with Crippen molar-refractivity contribution < 1.29 is 13.3 Å². The van der Waals surface area contributed by atoms with E-state index in [1.807, 2.05) is 0 Å². The van der Waals surface area contributed by atoms with E-state index in [0.29, 0.717) is 10.9 Å². The van der Waals surface area contributed by atoms with E-state index in [4.69, 9.17) is 0 Å². The highest BCUT2D eigenvalue weighted by atomic mass is 79.9. The summed E-state index contributed by atoms with van der Waals surface area (Å²) >= 11 is 3.14. The first-order chi connectivity index (χ1) is 9.90. The van der Waals surface area contributed by atoms with Gasteiger partial charge in [0.15, 0.2) is 4.90 Å². The van der Waals surface area contributed by atoms with Crippen LogP contribution < -0.4 is 4.72 Å². The highest BCUT2D eigenvalue weighted by molar-refractivity contribution is 9.10. The Morgan fingerprint density at radius 1 is 1.38 bits per heavy atom. The Bertz CT molecular complexity index is 685. The van der Waals surface area contributed by atoms with Crippen molar-refractivity contribution in [2.75, 3.05) is 6.54 Å². The van der Waals surface area contributed by atoms with Crippen LogP contribution in [0.2, 0.25) is 0 Å². The minimum Gasteiger partial charge on any atom is -0.258 e. The molecular weight excluding hydrogens is 360 g/mol. The lowest BCUT2D eigenvalue weighted by Crippen LogP contribution is -2.25. The molecule has 0 atom stereocenters. The fourth-order valence-electron chi connectivity index (χ4n) is 2.24. The number of hydrogen-bond acceptors (Lipinski definition) is 4. The van der Waals surface area contributed by atoms with Crippen molar-refractivity contribution in [3.8, 4) is 0 Å². The summed E-state index contributed by atoms with van der Waals surface area (Å²) in [6.45, 7) is 0.248. The van der Waals surface area contributed by atoms with E-state index >= 15 is 0 Å². The van der Waals surface area contributed by atoms with Crippen LogP contribution in [0.4, 0.5) is 5.69 Å². The summed E-state index contributed by atoms with van der Waals surface area (Å²) in [5.74, 6) is 0. The maximum atomic E-state index is 12.2. The summed E-state index contributed by atoms with van der Waals surface area (Å²) in [6.07, 6.45) is 5.91. The van der Waals surface area contributed by atoms with Crippen molar-refractivity contribution in [1.29, 1.82) is 0 Å². The second-order valence-corrected chi connectivity index (χ2v) is 7.42. The summed E-state index contributed by atoms with van der Waals surface area (Å²) < 4.78 is 27.4. The standard InChI is InChI=1S/C13H15BrN2O4S/c14-11-5-6-12(16(17)18)13(9-11)21(19,20)15-8-7-10-3-1-2-4-10/h3,5-6,9,15H,1-2,4,7-8H2. The minimum absolute atomic E-state index is 0.248.